The summed E-state index contributed by atoms with van der Waals surface area (Å²) in [4.78, 5) is 11.8. The Hall–Kier alpha value is -2.94. The summed E-state index contributed by atoms with van der Waals surface area (Å²) in [5.41, 5.74) is 5.17. The number of amides is 1. The van der Waals surface area contributed by atoms with Crippen molar-refractivity contribution < 1.29 is 14.4 Å². The Bertz CT molecular complexity index is 1020. The molecule has 3 aromatic rings. The Balaban J connectivity index is 0.000000277. The molecule has 0 bridgehead atoms. The summed E-state index contributed by atoms with van der Waals surface area (Å²) < 4.78 is 7.38. The lowest BCUT2D eigenvalue weighted by Gasteiger charge is -2.15. The van der Waals surface area contributed by atoms with E-state index in [0.29, 0.717) is 30.7 Å². The summed E-state index contributed by atoms with van der Waals surface area (Å²) in [5.74, 6) is 1.13. The molecule has 2 aromatic heterocycles. The maximum atomic E-state index is 11.8. The van der Waals surface area contributed by atoms with Gasteiger partial charge in [-0.3, -0.25) is 9.48 Å². The van der Waals surface area contributed by atoms with Gasteiger partial charge < -0.3 is 20.3 Å². The fourth-order valence-electron chi connectivity index (χ4n) is 3.44. The van der Waals surface area contributed by atoms with Gasteiger partial charge >= 0.3 is 0 Å². The Morgan fingerprint density at radius 2 is 2.06 bits per heavy atom. The molecular formula is C25H37N5O3. The first-order valence-corrected chi connectivity index (χ1v) is 11.4. The first kappa shape index (κ1) is 26.3. The Kier molecular flexibility index (Phi) is 10.8. The lowest BCUT2D eigenvalue weighted by molar-refractivity contribution is 0.0924. The summed E-state index contributed by atoms with van der Waals surface area (Å²) in [6.45, 7) is 9.15. The van der Waals surface area contributed by atoms with Gasteiger partial charge in [0, 0.05) is 30.7 Å². The summed E-state index contributed by atoms with van der Waals surface area (Å²) >= 11 is 0. The van der Waals surface area contributed by atoms with Crippen molar-refractivity contribution in [1.82, 2.24) is 25.9 Å². The molecule has 33 heavy (non-hydrogen) atoms. The second kappa shape index (κ2) is 13.6. The molecule has 0 radical (unpaired) electrons. The number of carbonyl (C=O) groups excluding carboxylic acids is 1. The standard InChI is InChI=1S/C15H16N4O2.C10H21NO/c1-16-9-17-15(20)14-6-5-13(21-14)10-3-4-11-8-19(2)18-12(11)7-10;1-4-5-6-7-10(8-11-12)9(2)3/h3-8,16H,9H2,1-2H3,(H,17,20);10-12H,2,4-8H2,1,3H3. The average molecular weight is 456 g/mol. The number of fused-ring (bicyclic) bond motifs is 1. The molecule has 0 aliphatic heterocycles. The quantitative estimate of drug-likeness (QED) is 0.147. The lowest BCUT2D eigenvalue weighted by atomic mass is 9.95. The smallest absolute Gasteiger partial charge is 0.288 e. The maximum absolute atomic E-state index is 11.8. The van der Waals surface area contributed by atoms with Crippen LogP contribution >= 0.6 is 0 Å². The molecule has 0 aliphatic carbocycles. The second-order valence-electron chi connectivity index (χ2n) is 8.18. The van der Waals surface area contributed by atoms with Crippen LogP contribution in [0.5, 0.6) is 0 Å². The van der Waals surface area contributed by atoms with Gasteiger partial charge in [0.25, 0.3) is 5.91 Å². The number of nitrogens with one attached hydrogen (secondary N) is 3. The first-order valence-electron chi connectivity index (χ1n) is 11.4. The van der Waals surface area contributed by atoms with Crippen LogP contribution in [-0.2, 0) is 7.05 Å². The van der Waals surface area contributed by atoms with Gasteiger partial charge in [0.2, 0.25) is 0 Å². The fraction of sp³-hybridized carbons (Fsp3) is 0.440. The number of nitrogens with zero attached hydrogens (tertiary/aromatic N) is 2. The molecule has 0 saturated heterocycles. The maximum Gasteiger partial charge on any atom is 0.288 e. The van der Waals surface area contributed by atoms with Crippen LogP contribution in [0.1, 0.15) is 50.1 Å². The third-order valence-electron chi connectivity index (χ3n) is 5.35. The Labute approximate surface area is 196 Å². The van der Waals surface area contributed by atoms with E-state index in [4.69, 9.17) is 9.62 Å². The molecule has 1 aromatic carbocycles. The van der Waals surface area contributed by atoms with Crippen LogP contribution in [0, 0.1) is 5.92 Å². The molecule has 2 heterocycles. The van der Waals surface area contributed by atoms with Gasteiger partial charge in [-0.1, -0.05) is 50.5 Å². The van der Waals surface area contributed by atoms with Gasteiger partial charge in [0.15, 0.2) is 5.76 Å². The van der Waals surface area contributed by atoms with Crippen molar-refractivity contribution in [3.63, 3.8) is 0 Å². The van der Waals surface area contributed by atoms with E-state index in [1.807, 2.05) is 38.4 Å². The van der Waals surface area contributed by atoms with E-state index in [1.54, 1.807) is 23.9 Å². The molecule has 0 fully saturated rings. The van der Waals surface area contributed by atoms with Crippen LogP contribution < -0.4 is 16.1 Å². The molecule has 180 valence electrons. The predicted molar refractivity (Wildman–Crippen MR) is 132 cm³/mol. The third kappa shape index (κ3) is 8.16. The van der Waals surface area contributed by atoms with Crippen molar-refractivity contribution in [3.05, 3.63) is 54.4 Å². The van der Waals surface area contributed by atoms with Crippen molar-refractivity contribution in [2.75, 3.05) is 20.3 Å². The van der Waals surface area contributed by atoms with Gasteiger partial charge in [0.05, 0.1) is 12.2 Å². The van der Waals surface area contributed by atoms with Gasteiger partial charge in [-0.2, -0.15) is 5.10 Å². The normalized spacial score (nSPS) is 11.7. The van der Waals surface area contributed by atoms with E-state index in [2.05, 4.69) is 34.7 Å². The molecule has 1 amide bonds. The van der Waals surface area contributed by atoms with Crippen molar-refractivity contribution in [3.8, 4) is 11.3 Å². The molecular weight excluding hydrogens is 418 g/mol. The molecule has 4 N–H and O–H groups in total. The molecule has 0 saturated carbocycles. The Morgan fingerprint density at radius 1 is 1.27 bits per heavy atom. The zero-order valence-corrected chi connectivity index (χ0v) is 20.1. The highest BCUT2D eigenvalue weighted by atomic mass is 16.5. The number of carbonyl (C=O) groups is 1. The summed E-state index contributed by atoms with van der Waals surface area (Å²) in [7, 11) is 3.65. The van der Waals surface area contributed by atoms with E-state index in [-0.39, 0.29) is 5.91 Å². The van der Waals surface area contributed by atoms with Crippen LogP contribution in [0.4, 0.5) is 0 Å². The number of benzene rings is 1. The molecule has 8 nitrogen and oxygen atoms in total. The number of aryl methyl sites for hydroxylation is 1. The van der Waals surface area contributed by atoms with Crippen molar-refractivity contribution in [1.29, 1.82) is 0 Å². The molecule has 1 unspecified atom stereocenters. The summed E-state index contributed by atoms with van der Waals surface area (Å²) in [5, 5.41) is 19.5. The Morgan fingerprint density at radius 3 is 2.73 bits per heavy atom. The minimum atomic E-state index is -0.241. The number of hydroxylamine groups is 1. The average Bonchev–Trinajstić information content (AvgIpc) is 3.43. The van der Waals surface area contributed by atoms with Gasteiger partial charge in [-0.05, 0) is 44.5 Å². The summed E-state index contributed by atoms with van der Waals surface area (Å²) in [6, 6.07) is 9.35. The minimum Gasteiger partial charge on any atom is -0.451 e. The van der Waals surface area contributed by atoms with E-state index in [0.717, 1.165) is 28.5 Å². The molecule has 0 spiro atoms. The van der Waals surface area contributed by atoms with E-state index < -0.39 is 0 Å². The third-order valence-corrected chi connectivity index (χ3v) is 5.35. The topological polar surface area (TPSA) is 104 Å². The highest BCUT2D eigenvalue weighted by Crippen LogP contribution is 2.25. The predicted octanol–water partition coefficient (Wildman–Crippen LogP) is 4.48. The number of hydrogen-bond donors (Lipinski definition) is 4. The van der Waals surface area contributed by atoms with Crippen molar-refractivity contribution in [2.24, 2.45) is 13.0 Å². The monoisotopic (exact) mass is 455 g/mol. The van der Waals surface area contributed by atoms with Gasteiger partial charge in [-0.25, -0.2) is 5.48 Å². The molecule has 8 heteroatoms. The number of hydrogen-bond acceptors (Lipinski definition) is 6. The first-order chi connectivity index (χ1) is 15.9. The SMILES string of the molecule is C=C(C)C(CCCCC)CNO.CNCNC(=O)c1ccc(-c2ccc3cn(C)nc3c2)o1. The van der Waals surface area contributed by atoms with E-state index >= 15 is 0 Å². The zero-order chi connectivity index (χ0) is 24.2. The van der Waals surface area contributed by atoms with Crippen LogP contribution in [-0.4, -0.2) is 41.2 Å². The van der Waals surface area contributed by atoms with Gasteiger partial charge in [0.1, 0.15) is 5.76 Å². The fourth-order valence-corrected chi connectivity index (χ4v) is 3.44. The number of furan rings is 1. The number of unbranched alkanes of at least 4 members (excludes halogenated alkanes) is 2. The van der Waals surface area contributed by atoms with Gasteiger partial charge in [-0.15, -0.1) is 0 Å². The summed E-state index contributed by atoms with van der Waals surface area (Å²) in [6.07, 6.45) is 6.84. The number of aromatic nitrogens is 2. The number of rotatable bonds is 11. The highest BCUT2D eigenvalue weighted by Gasteiger charge is 2.12. The molecule has 1 atom stereocenters. The van der Waals surface area contributed by atoms with Crippen LogP contribution in [0.3, 0.4) is 0 Å². The minimum absolute atomic E-state index is 0.241. The molecule has 3 rings (SSSR count). The zero-order valence-electron chi connectivity index (χ0n) is 20.1. The van der Waals surface area contributed by atoms with Crippen LogP contribution in [0.2, 0.25) is 0 Å². The van der Waals surface area contributed by atoms with Crippen LogP contribution in [0.25, 0.3) is 22.2 Å². The van der Waals surface area contributed by atoms with E-state index in [9.17, 15) is 4.79 Å². The van der Waals surface area contributed by atoms with Crippen molar-refractivity contribution in [2.45, 2.75) is 39.5 Å². The van der Waals surface area contributed by atoms with E-state index in [1.165, 1.54) is 19.3 Å². The molecule has 0 aliphatic rings. The second-order valence-corrected chi connectivity index (χ2v) is 8.18. The highest BCUT2D eigenvalue weighted by molar-refractivity contribution is 5.92. The van der Waals surface area contributed by atoms with Crippen LogP contribution in [0.15, 0.2) is 53.1 Å². The largest absolute Gasteiger partial charge is 0.451 e. The lowest BCUT2D eigenvalue weighted by Crippen LogP contribution is -2.31. The van der Waals surface area contributed by atoms with Crippen molar-refractivity contribution >= 4 is 16.8 Å².